The Morgan fingerprint density at radius 3 is 2.41 bits per heavy atom. The monoisotopic (exact) mass is 390 g/mol. The van der Waals surface area contributed by atoms with Crippen molar-refractivity contribution in [2.45, 2.75) is 33.7 Å². The van der Waals surface area contributed by atoms with Crippen LogP contribution in [0.3, 0.4) is 0 Å². The maximum atomic E-state index is 12.9. The lowest BCUT2D eigenvalue weighted by Crippen LogP contribution is -2.45. The van der Waals surface area contributed by atoms with E-state index in [9.17, 15) is 13.2 Å². The number of sulfonamides is 1. The molecule has 27 heavy (non-hydrogen) atoms. The van der Waals surface area contributed by atoms with E-state index in [1.807, 2.05) is 39.0 Å². The zero-order chi connectivity index (χ0) is 20.4. The average molecular weight is 391 g/mol. The number of carbonyl (C=O) groups is 1. The topological polar surface area (TPSA) is 75.7 Å². The lowest BCUT2D eigenvalue weighted by molar-refractivity contribution is -0.116. The minimum absolute atomic E-state index is 0.337. The van der Waals surface area contributed by atoms with Crippen molar-refractivity contribution in [1.82, 2.24) is 0 Å². The van der Waals surface area contributed by atoms with Crippen LogP contribution in [0, 0.1) is 20.8 Å². The number of hydrogen-bond donors (Lipinski definition) is 1. The number of benzene rings is 2. The van der Waals surface area contributed by atoms with E-state index in [2.05, 4.69) is 5.32 Å². The van der Waals surface area contributed by atoms with E-state index in [0.29, 0.717) is 17.1 Å². The first-order valence-corrected chi connectivity index (χ1v) is 10.4. The summed E-state index contributed by atoms with van der Waals surface area (Å²) in [5.74, 6) is -0.0323. The van der Waals surface area contributed by atoms with Gasteiger partial charge in [-0.15, -0.1) is 0 Å². The van der Waals surface area contributed by atoms with E-state index in [1.54, 1.807) is 25.1 Å². The fraction of sp³-hybridized carbons (Fsp3) is 0.350. The van der Waals surface area contributed by atoms with Gasteiger partial charge in [0.15, 0.2) is 0 Å². The fourth-order valence-corrected chi connectivity index (χ4v) is 4.05. The van der Waals surface area contributed by atoms with E-state index in [-0.39, 0.29) is 0 Å². The molecule has 0 saturated heterocycles. The maximum absolute atomic E-state index is 12.9. The van der Waals surface area contributed by atoms with Crippen LogP contribution >= 0.6 is 0 Å². The van der Waals surface area contributed by atoms with Crippen molar-refractivity contribution < 1.29 is 17.9 Å². The summed E-state index contributed by atoms with van der Waals surface area (Å²) in [6.07, 6.45) is 1.08. The normalized spacial score (nSPS) is 12.4. The van der Waals surface area contributed by atoms with Gasteiger partial charge >= 0.3 is 0 Å². The van der Waals surface area contributed by atoms with Crippen molar-refractivity contribution in [3.05, 3.63) is 53.1 Å². The molecule has 1 atom stereocenters. The molecule has 2 aromatic rings. The Morgan fingerprint density at radius 1 is 1.15 bits per heavy atom. The summed E-state index contributed by atoms with van der Waals surface area (Å²) in [7, 11) is -2.26. The van der Waals surface area contributed by atoms with Gasteiger partial charge in [0.05, 0.1) is 19.1 Å². The maximum Gasteiger partial charge on any atom is 0.248 e. The highest BCUT2D eigenvalue weighted by atomic mass is 32.2. The minimum Gasteiger partial charge on any atom is -0.495 e. The second-order valence-electron chi connectivity index (χ2n) is 6.65. The molecule has 0 aliphatic heterocycles. The first-order valence-electron chi connectivity index (χ1n) is 8.57. The van der Waals surface area contributed by atoms with Gasteiger partial charge in [-0.25, -0.2) is 8.42 Å². The smallest absolute Gasteiger partial charge is 0.248 e. The molecule has 1 amide bonds. The van der Waals surface area contributed by atoms with Gasteiger partial charge in [0.1, 0.15) is 11.8 Å². The number of ether oxygens (including phenoxy) is 1. The molecule has 0 unspecified atom stereocenters. The number of anilines is 2. The van der Waals surface area contributed by atoms with Gasteiger partial charge in [-0.3, -0.25) is 9.10 Å². The third-order valence-corrected chi connectivity index (χ3v) is 5.75. The Balaban J connectivity index is 2.44. The highest BCUT2D eigenvalue weighted by molar-refractivity contribution is 7.92. The molecule has 0 aliphatic carbocycles. The molecule has 6 nitrogen and oxygen atoms in total. The molecule has 0 heterocycles. The second kappa shape index (κ2) is 8.00. The zero-order valence-electron chi connectivity index (χ0n) is 16.5. The number of aryl methyl sites for hydroxylation is 2. The predicted octanol–water partition coefficient (Wildman–Crippen LogP) is 3.41. The van der Waals surface area contributed by atoms with Gasteiger partial charge in [0, 0.05) is 5.69 Å². The molecule has 0 aliphatic rings. The SMILES string of the molecule is COc1ccc(C)cc1N([C@@H](C)C(=O)Nc1cccc(C)c1C)S(C)(=O)=O. The number of rotatable bonds is 6. The van der Waals surface area contributed by atoms with Gasteiger partial charge in [-0.05, 0) is 62.6 Å². The molecular weight excluding hydrogens is 364 g/mol. The lowest BCUT2D eigenvalue weighted by Gasteiger charge is -2.29. The molecule has 0 saturated carbocycles. The van der Waals surface area contributed by atoms with Crippen molar-refractivity contribution in [3.8, 4) is 5.75 Å². The Bertz CT molecular complexity index is 954. The molecule has 2 aromatic carbocycles. The van der Waals surface area contributed by atoms with Crippen LogP contribution < -0.4 is 14.4 Å². The quantitative estimate of drug-likeness (QED) is 0.820. The molecule has 2 rings (SSSR count). The summed E-state index contributed by atoms with van der Waals surface area (Å²) >= 11 is 0. The average Bonchev–Trinajstić information content (AvgIpc) is 2.58. The van der Waals surface area contributed by atoms with E-state index in [4.69, 9.17) is 4.74 Å². The standard InChI is InChI=1S/C20H26N2O4S/c1-13-10-11-19(26-5)18(12-13)22(27(6,24)25)16(4)20(23)21-17-9-7-8-14(2)15(17)3/h7-12,16H,1-6H3,(H,21,23)/t16-/m0/s1. The first-order chi connectivity index (χ1) is 12.6. The number of methoxy groups -OCH3 is 1. The number of carbonyl (C=O) groups excluding carboxylic acids is 1. The third kappa shape index (κ3) is 4.60. The summed E-state index contributed by atoms with van der Waals surface area (Å²) in [4.78, 5) is 12.9. The molecule has 0 radical (unpaired) electrons. The lowest BCUT2D eigenvalue weighted by atomic mass is 10.1. The predicted molar refractivity (Wildman–Crippen MR) is 109 cm³/mol. The van der Waals surface area contributed by atoms with Crippen LogP contribution in [-0.2, 0) is 14.8 Å². The van der Waals surface area contributed by atoms with E-state index >= 15 is 0 Å². The molecule has 7 heteroatoms. The Morgan fingerprint density at radius 2 is 1.81 bits per heavy atom. The highest BCUT2D eigenvalue weighted by Gasteiger charge is 2.31. The number of nitrogens with one attached hydrogen (secondary N) is 1. The van der Waals surface area contributed by atoms with Crippen LogP contribution in [0.5, 0.6) is 5.75 Å². The van der Waals surface area contributed by atoms with Gasteiger partial charge in [-0.2, -0.15) is 0 Å². The van der Waals surface area contributed by atoms with Crippen molar-refractivity contribution in [1.29, 1.82) is 0 Å². The Kier molecular flexibility index (Phi) is 6.15. The van der Waals surface area contributed by atoms with E-state index in [0.717, 1.165) is 27.3 Å². The molecular formula is C20H26N2O4S. The van der Waals surface area contributed by atoms with Crippen molar-refractivity contribution in [3.63, 3.8) is 0 Å². The van der Waals surface area contributed by atoms with Crippen LogP contribution in [0.4, 0.5) is 11.4 Å². The minimum atomic E-state index is -3.73. The fourth-order valence-electron chi connectivity index (χ4n) is 2.88. The van der Waals surface area contributed by atoms with Crippen molar-refractivity contribution in [2.24, 2.45) is 0 Å². The number of amides is 1. The van der Waals surface area contributed by atoms with Gasteiger partial charge < -0.3 is 10.1 Å². The molecule has 0 fully saturated rings. The van der Waals surface area contributed by atoms with Gasteiger partial charge in [0.2, 0.25) is 15.9 Å². The first kappa shape index (κ1) is 20.8. The van der Waals surface area contributed by atoms with Crippen molar-refractivity contribution >= 4 is 27.3 Å². The van der Waals surface area contributed by atoms with E-state index < -0.39 is 22.0 Å². The van der Waals surface area contributed by atoms with Crippen LogP contribution in [0.2, 0.25) is 0 Å². The van der Waals surface area contributed by atoms with Crippen LogP contribution in [-0.4, -0.2) is 33.7 Å². The Labute approximate surface area is 161 Å². The van der Waals surface area contributed by atoms with Crippen molar-refractivity contribution in [2.75, 3.05) is 23.0 Å². The molecule has 0 aromatic heterocycles. The van der Waals surface area contributed by atoms with Crippen LogP contribution in [0.1, 0.15) is 23.6 Å². The zero-order valence-corrected chi connectivity index (χ0v) is 17.3. The van der Waals surface area contributed by atoms with Crippen LogP contribution in [0.15, 0.2) is 36.4 Å². The summed E-state index contributed by atoms with van der Waals surface area (Å²) in [6, 6.07) is 9.85. The largest absolute Gasteiger partial charge is 0.495 e. The summed E-state index contributed by atoms with van der Waals surface area (Å²) < 4.78 is 31.5. The second-order valence-corrected chi connectivity index (χ2v) is 8.51. The Hall–Kier alpha value is -2.54. The van der Waals surface area contributed by atoms with E-state index in [1.165, 1.54) is 7.11 Å². The molecule has 0 bridgehead atoms. The number of nitrogens with zero attached hydrogens (tertiary/aromatic N) is 1. The summed E-state index contributed by atoms with van der Waals surface area (Å²) in [6.45, 7) is 7.27. The third-order valence-electron chi connectivity index (χ3n) is 4.52. The summed E-state index contributed by atoms with van der Waals surface area (Å²) in [5, 5.41) is 2.84. The van der Waals surface area contributed by atoms with Gasteiger partial charge in [-0.1, -0.05) is 18.2 Å². The highest BCUT2D eigenvalue weighted by Crippen LogP contribution is 2.33. The van der Waals surface area contributed by atoms with Gasteiger partial charge in [0.25, 0.3) is 0 Å². The molecule has 146 valence electrons. The molecule has 1 N–H and O–H groups in total. The van der Waals surface area contributed by atoms with Crippen LogP contribution in [0.25, 0.3) is 0 Å². The molecule has 0 spiro atoms. The number of hydrogen-bond acceptors (Lipinski definition) is 4. The summed E-state index contributed by atoms with van der Waals surface area (Å²) in [5.41, 5.74) is 3.85.